The van der Waals surface area contributed by atoms with Crippen LogP contribution in [0.2, 0.25) is 0 Å². The largest absolute Gasteiger partial charge is 0.481 e. The van der Waals surface area contributed by atoms with Crippen LogP contribution >= 0.6 is 22.6 Å². The standard InChI is InChI=1S/C18H25IN2O4/c1-12-13(10-16(22)23)9-14(11-15(12)19)20-5-7-21(8-6-20)17(24)25-18(2,3)4/h9,11H,5-8,10H2,1-4H3,(H,22,23). The molecule has 0 unspecified atom stereocenters. The highest BCUT2D eigenvalue weighted by Crippen LogP contribution is 2.26. The average molecular weight is 460 g/mol. The molecule has 2 rings (SSSR count). The van der Waals surface area contributed by atoms with E-state index in [9.17, 15) is 9.59 Å². The Bertz CT molecular complexity index is 662. The van der Waals surface area contributed by atoms with Crippen molar-refractivity contribution >= 4 is 40.3 Å². The van der Waals surface area contributed by atoms with Gasteiger partial charge in [0.1, 0.15) is 5.60 Å². The smallest absolute Gasteiger partial charge is 0.410 e. The SMILES string of the molecule is Cc1c(I)cc(N2CCN(C(=O)OC(C)(C)C)CC2)cc1CC(=O)O. The Morgan fingerprint density at radius 3 is 2.32 bits per heavy atom. The van der Waals surface area contributed by atoms with Crippen molar-refractivity contribution in [3.05, 3.63) is 26.8 Å². The van der Waals surface area contributed by atoms with Gasteiger partial charge in [-0.05, 0) is 73.5 Å². The topological polar surface area (TPSA) is 70.1 Å². The fraction of sp³-hybridized carbons (Fsp3) is 0.556. The molecule has 1 saturated heterocycles. The predicted octanol–water partition coefficient (Wildman–Crippen LogP) is 3.28. The molecule has 0 aliphatic carbocycles. The summed E-state index contributed by atoms with van der Waals surface area (Å²) in [5.74, 6) is -0.828. The number of hydrogen-bond donors (Lipinski definition) is 1. The first-order valence-electron chi connectivity index (χ1n) is 8.30. The van der Waals surface area contributed by atoms with Crippen LogP contribution in [0.1, 0.15) is 31.9 Å². The first kappa shape index (κ1) is 19.8. The Morgan fingerprint density at radius 2 is 1.80 bits per heavy atom. The van der Waals surface area contributed by atoms with E-state index in [1.54, 1.807) is 4.90 Å². The summed E-state index contributed by atoms with van der Waals surface area (Å²) in [5, 5.41) is 9.10. The maximum Gasteiger partial charge on any atom is 0.410 e. The zero-order valence-corrected chi connectivity index (χ0v) is 17.3. The molecule has 25 heavy (non-hydrogen) atoms. The zero-order chi connectivity index (χ0) is 18.8. The number of rotatable bonds is 3. The van der Waals surface area contributed by atoms with Crippen molar-refractivity contribution in [2.24, 2.45) is 0 Å². The minimum Gasteiger partial charge on any atom is -0.481 e. The molecule has 0 aromatic heterocycles. The maximum atomic E-state index is 12.1. The average Bonchev–Trinajstić information content (AvgIpc) is 2.49. The van der Waals surface area contributed by atoms with Crippen molar-refractivity contribution in [3.63, 3.8) is 0 Å². The number of ether oxygens (including phenoxy) is 1. The fourth-order valence-electron chi connectivity index (χ4n) is 2.72. The van der Waals surface area contributed by atoms with Gasteiger partial charge < -0.3 is 19.6 Å². The van der Waals surface area contributed by atoms with Gasteiger partial charge >= 0.3 is 12.1 Å². The normalized spacial score (nSPS) is 15.2. The molecular formula is C18H25IN2O4. The number of piperazine rings is 1. The number of halogens is 1. The van der Waals surface area contributed by atoms with Gasteiger partial charge in [0.2, 0.25) is 0 Å². The van der Waals surface area contributed by atoms with Gasteiger partial charge in [-0.15, -0.1) is 0 Å². The Hall–Kier alpha value is -1.51. The lowest BCUT2D eigenvalue weighted by Crippen LogP contribution is -2.50. The summed E-state index contributed by atoms with van der Waals surface area (Å²) in [6.07, 6.45) is -0.259. The van der Waals surface area contributed by atoms with Crippen molar-refractivity contribution in [2.45, 2.75) is 39.7 Å². The van der Waals surface area contributed by atoms with E-state index in [1.807, 2.05) is 33.8 Å². The summed E-state index contributed by atoms with van der Waals surface area (Å²) in [5.41, 5.74) is 2.37. The number of amides is 1. The lowest BCUT2D eigenvalue weighted by Gasteiger charge is -2.37. The van der Waals surface area contributed by atoms with E-state index in [0.717, 1.165) is 20.4 Å². The highest BCUT2D eigenvalue weighted by molar-refractivity contribution is 14.1. The molecule has 1 aliphatic heterocycles. The third-order valence-electron chi connectivity index (χ3n) is 4.07. The molecule has 1 amide bonds. The van der Waals surface area contributed by atoms with Gasteiger partial charge in [0.15, 0.2) is 0 Å². The quantitative estimate of drug-likeness (QED) is 0.702. The van der Waals surface area contributed by atoms with Gasteiger partial charge in [-0.2, -0.15) is 0 Å². The van der Waals surface area contributed by atoms with Gasteiger partial charge in [-0.25, -0.2) is 4.79 Å². The summed E-state index contributed by atoms with van der Waals surface area (Å²) in [6, 6.07) is 4.03. The van der Waals surface area contributed by atoms with Crippen LogP contribution in [0.3, 0.4) is 0 Å². The molecular weight excluding hydrogens is 435 g/mol. The Balaban J connectivity index is 2.06. The van der Waals surface area contributed by atoms with Crippen molar-refractivity contribution in [2.75, 3.05) is 31.1 Å². The number of carboxylic acids is 1. The first-order valence-corrected chi connectivity index (χ1v) is 9.38. The van der Waals surface area contributed by atoms with Crippen molar-refractivity contribution in [1.29, 1.82) is 0 Å². The Labute approximate surface area is 162 Å². The molecule has 0 saturated carbocycles. The third kappa shape index (κ3) is 5.49. The minimum absolute atomic E-state index is 0.0214. The molecule has 1 aliphatic rings. The second-order valence-electron chi connectivity index (χ2n) is 7.24. The van der Waals surface area contributed by atoms with Crippen LogP contribution in [0.4, 0.5) is 10.5 Å². The molecule has 1 heterocycles. The van der Waals surface area contributed by atoms with Crippen molar-refractivity contribution in [3.8, 4) is 0 Å². The van der Waals surface area contributed by atoms with E-state index in [4.69, 9.17) is 9.84 Å². The number of anilines is 1. The third-order valence-corrected chi connectivity index (χ3v) is 5.20. The summed E-state index contributed by atoms with van der Waals surface area (Å²) in [7, 11) is 0. The second kappa shape index (κ2) is 7.80. The molecule has 0 spiro atoms. The van der Waals surface area contributed by atoms with E-state index in [2.05, 4.69) is 33.6 Å². The van der Waals surface area contributed by atoms with Gasteiger partial charge in [0.25, 0.3) is 0 Å². The van der Waals surface area contributed by atoms with E-state index in [0.29, 0.717) is 26.2 Å². The number of carboxylic acid groups (broad SMARTS) is 1. The first-order chi connectivity index (χ1) is 11.6. The van der Waals surface area contributed by atoms with Crippen molar-refractivity contribution < 1.29 is 19.4 Å². The molecule has 138 valence electrons. The minimum atomic E-state index is -0.828. The van der Waals surface area contributed by atoms with Crippen LogP contribution in [-0.2, 0) is 16.0 Å². The Kier molecular flexibility index (Phi) is 6.18. The maximum absolute atomic E-state index is 12.1. The van der Waals surface area contributed by atoms with E-state index in [1.165, 1.54) is 0 Å². The van der Waals surface area contributed by atoms with Gasteiger partial charge in [-0.3, -0.25) is 4.79 Å². The van der Waals surface area contributed by atoms with E-state index < -0.39 is 11.6 Å². The van der Waals surface area contributed by atoms with Crippen molar-refractivity contribution in [1.82, 2.24) is 4.90 Å². The number of benzene rings is 1. The van der Waals surface area contributed by atoms with E-state index >= 15 is 0 Å². The van der Waals surface area contributed by atoms with E-state index in [-0.39, 0.29) is 12.5 Å². The molecule has 1 aromatic carbocycles. The molecule has 6 nitrogen and oxygen atoms in total. The number of hydrogen-bond acceptors (Lipinski definition) is 4. The lowest BCUT2D eigenvalue weighted by atomic mass is 10.0. The molecule has 7 heteroatoms. The van der Waals surface area contributed by atoms with Crippen LogP contribution < -0.4 is 4.90 Å². The Morgan fingerprint density at radius 1 is 1.20 bits per heavy atom. The van der Waals surface area contributed by atoms with Gasteiger partial charge in [0, 0.05) is 35.4 Å². The number of nitrogens with zero attached hydrogens (tertiary/aromatic N) is 2. The fourth-order valence-corrected chi connectivity index (χ4v) is 3.39. The summed E-state index contributed by atoms with van der Waals surface area (Å²) in [4.78, 5) is 27.1. The summed E-state index contributed by atoms with van der Waals surface area (Å²) in [6.45, 7) is 10.1. The highest BCUT2D eigenvalue weighted by atomic mass is 127. The monoisotopic (exact) mass is 460 g/mol. The zero-order valence-electron chi connectivity index (χ0n) is 15.1. The number of aliphatic carboxylic acids is 1. The predicted molar refractivity (Wildman–Crippen MR) is 105 cm³/mol. The number of carbonyl (C=O) groups excluding carboxylic acids is 1. The molecule has 1 aromatic rings. The van der Waals surface area contributed by atoms with Crippen LogP contribution in [-0.4, -0.2) is 53.8 Å². The van der Waals surface area contributed by atoms with Gasteiger partial charge in [0.05, 0.1) is 6.42 Å². The van der Waals surface area contributed by atoms with Crippen LogP contribution in [0.5, 0.6) is 0 Å². The summed E-state index contributed by atoms with van der Waals surface area (Å²) >= 11 is 2.24. The molecule has 1 fully saturated rings. The van der Waals surface area contributed by atoms with Crippen LogP contribution in [0.15, 0.2) is 12.1 Å². The molecule has 0 atom stereocenters. The summed E-state index contributed by atoms with van der Waals surface area (Å²) < 4.78 is 6.47. The lowest BCUT2D eigenvalue weighted by molar-refractivity contribution is -0.136. The second-order valence-corrected chi connectivity index (χ2v) is 8.40. The molecule has 0 radical (unpaired) electrons. The highest BCUT2D eigenvalue weighted by Gasteiger charge is 2.26. The molecule has 1 N–H and O–H groups in total. The van der Waals surface area contributed by atoms with Gasteiger partial charge in [-0.1, -0.05) is 0 Å². The van der Waals surface area contributed by atoms with Crippen LogP contribution in [0.25, 0.3) is 0 Å². The van der Waals surface area contributed by atoms with Crippen LogP contribution in [0, 0.1) is 10.5 Å². The number of carbonyl (C=O) groups is 2. The molecule has 0 bridgehead atoms.